The molecule has 0 fully saturated rings. The monoisotopic (exact) mass is 244 g/mol. The van der Waals surface area contributed by atoms with Crippen LogP contribution in [0.4, 0.5) is 5.69 Å². The van der Waals surface area contributed by atoms with Crippen LogP contribution in [0.1, 0.15) is 16.2 Å². The molecule has 2 aromatic rings. The predicted octanol–water partition coefficient (Wildman–Crippen LogP) is 0.737. The third-order valence-electron chi connectivity index (χ3n) is 2.25. The van der Waals surface area contributed by atoms with Gasteiger partial charge in [-0.3, -0.25) is 4.79 Å². The summed E-state index contributed by atoms with van der Waals surface area (Å²) < 4.78 is 5.46. The van der Waals surface area contributed by atoms with E-state index in [-0.39, 0.29) is 12.2 Å². The Morgan fingerprint density at radius 1 is 1.28 bits per heavy atom. The van der Waals surface area contributed by atoms with Crippen molar-refractivity contribution >= 4 is 11.6 Å². The first-order valence-corrected chi connectivity index (χ1v) is 5.25. The van der Waals surface area contributed by atoms with E-state index in [1.165, 1.54) is 6.07 Å². The van der Waals surface area contributed by atoms with Crippen LogP contribution in [0, 0.1) is 0 Å². The molecule has 6 heteroatoms. The number of benzene rings is 1. The number of hydrogen-bond donors (Lipinski definition) is 2. The third kappa shape index (κ3) is 2.73. The quantitative estimate of drug-likeness (QED) is 0.772. The molecule has 0 unspecified atom stereocenters. The fourth-order valence-electron chi connectivity index (χ4n) is 1.41. The van der Waals surface area contributed by atoms with Crippen molar-refractivity contribution in [2.75, 3.05) is 5.73 Å². The number of ether oxygens (including phenoxy) is 1. The summed E-state index contributed by atoms with van der Waals surface area (Å²) in [6.07, 6.45) is 3.23. The largest absolute Gasteiger partial charge is 0.485 e. The molecule has 0 aliphatic carbocycles. The van der Waals surface area contributed by atoms with Gasteiger partial charge >= 0.3 is 0 Å². The second-order valence-electron chi connectivity index (χ2n) is 3.57. The number of rotatable bonds is 4. The van der Waals surface area contributed by atoms with Gasteiger partial charge in [0.15, 0.2) is 5.82 Å². The summed E-state index contributed by atoms with van der Waals surface area (Å²) in [4.78, 5) is 19.3. The predicted molar refractivity (Wildman–Crippen MR) is 65.7 cm³/mol. The van der Waals surface area contributed by atoms with Crippen molar-refractivity contribution in [3.63, 3.8) is 0 Å². The van der Waals surface area contributed by atoms with Crippen molar-refractivity contribution in [2.24, 2.45) is 5.73 Å². The second kappa shape index (κ2) is 5.13. The van der Waals surface area contributed by atoms with Crippen LogP contribution in [0.5, 0.6) is 5.75 Å². The van der Waals surface area contributed by atoms with Crippen LogP contribution in [0.25, 0.3) is 0 Å². The van der Waals surface area contributed by atoms with E-state index in [1.807, 2.05) is 0 Å². The van der Waals surface area contributed by atoms with Crippen molar-refractivity contribution in [1.29, 1.82) is 0 Å². The Bertz CT molecular complexity index is 557. The molecule has 1 heterocycles. The SMILES string of the molecule is NC(=O)c1cc(N)ccc1OCc1ncccn1. The summed E-state index contributed by atoms with van der Waals surface area (Å²) >= 11 is 0. The Hall–Kier alpha value is -2.63. The molecule has 92 valence electrons. The van der Waals surface area contributed by atoms with Crippen LogP contribution in [-0.2, 0) is 6.61 Å². The van der Waals surface area contributed by atoms with Crippen LogP contribution in [0.3, 0.4) is 0 Å². The molecule has 0 radical (unpaired) electrons. The Balaban J connectivity index is 2.17. The van der Waals surface area contributed by atoms with Crippen molar-refractivity contribution in [3.05, 3.63) is 48.0 Å². The highest BCUT2D eigenvalue weighted by Crippen LogP contribution is 2.21. The standard InChI is InChI=1S/C12H12N4O2/c13-8-2-3-10(9(6-8)12(14)17)18-7-11-15-4-1-5-16-11/h1-6H,7,13H2,(H2,14,17). The molecule has 0 aliphatic rings. The van der Waals surface area contributed by atoms with Gasteiger partial charge < -0.3 is 16.2 Å². The van der Waals surface area contributed by atoms with Gasteiger partial charge in [0.2, 0.25) is 0 Å². The minimum atomic E-state index is -0.591. The lowest BCUT2D eigenvalue weighted by atomic mass is 10.1. The number of nitrogen functional groups attached to an aromatic ring is 1. The lowest BCUT2D eigenvalue weighted by Gasteiger charge is -2.09. The number of aromatic nitrogens is 2. The fraction of sp³-hybridized carbons (Fsp3) is 0.0833. The number of amides is 1. The lowest BCUT2D eigenvalue weighted by molar-refractivity contribution is 0.0996. The van der Waals surface area contributed by atoms with Crippen molar-refractivity contribution < 1.29 is 9.53 Å². The molecule has 1 amide bonds. The van der Waals surface area contributed by atoms with Crippen molar-refractivity contribution in [1.82, 2.24) is 9.97 Å². The van der Waals surface area contributed by atoms with Gasteiger partial charge in [-0.05, 0) is 24.3 Å². The smallest absolute Gasteiger partial charge is 0.252 e. The first-order chi connectivity index (χ1) is 8.66. The topological polar surface area (TPSA) is 104 Å². The average Bonchev–Trinajstić information content (AvgIpc) is 2.38. The van der Waals surface area contributed by atoms with E-state index in [0.29, 0.717) is 17.3 Å². The minimum absolute atomic E-state index is 0.158. The maximum Gasteiger partial charge on any atom is 0.252 e. The molecule has 0 aliphatic heterocycles. The van der Waals surface area contributed by atoms with Crippen LogP contribution >= 0.6 is 0 Å². The summed E-state index contributed by atoms with van der Waals surface area (Å²) in [6, 6.07) is 6.41. The van der Waals surface area contributed by atoms with E-state index in [4.69, 9.17) is 16.2 Å². The Kier molecular flexibility index (Phi) is 3.38. The van der Waals surface area contributed by atoms with Gasteiger partial charge in [0.05, 0.1) is 5.56 Å². The molecule has 1 aromatic carbocycles. The zero-order valence-corrected chi connectivity index (χ0v) is 9.54. The molecule has 1 aromatic heterocycles. The highest BCUT2D eigenvalue weighted by Gasteiger charge is 2.10. The van der Waals surface area contributed by atoms with E-state index in [0.717, 1.165) is 0 Å². The molecule has 6 nitrogen and oxygen atoms in total. The summed E-state index contributed by atoms with van der Waals surface area (Å²) in [5, 5.41) is 0. The van der Waals surface area contributed by atoms with Crippen LogP contribution in [0.2, 0.25) is 0 Å². The Labute approximate surface area is 104 Å². The maximum absolute atomic E-state index is 11.2. The first-order valence-electron chi connectivity index (χ1n) is 5.25. The molecule has 2 rings (SSSR count). The molecular formula is C12H12N4O2. The van der Waals surface area contributed by atoms with E-state index in [1.54, 1.807) is 30.6 Å². The maximum atomic E-state index is 11.2. The average molecular weight is 244 g/mol. The zero-order chi connectivity index (χ0) is 13.0. The van der Waals surface area contributed by atoms with Gasteiger partial charge in [0.1, 0.15) is 12.4 Å². The summed E-state index contributed by atoms with van der Waals surface area (Å²) in [7, 11) is 0. The van der Waals surface area contributed by atoms with Gasteiger partial charge in [-0.1, -0.05) is 0 Å². The third-order valence-corrected chi connectivity index (χ3v) is 2.25. The van der Waals surface area contributed by atoms with Crippen LogP contribution in [0.15, 0.2) is 36.7 Å². The molecule has 0 bridgehead atoms. The Morgan fingerprint density at radius 3 is 2.67 bits per heavy atom. The van der Waals surface area contributed by atoms with Crippen molar-refractivity contribution in [2.45, 2.75) is 6.61 Å². The molecule has 0 atom stereocenters. The molecule has 0 saturated heterocycles. The first kappa shape index (κ1) is 11.8. The van der Waals surface area contributed by atoms with Gasteiger partial charge in [0, 0.05) is 18.1 Å². The van der Waals surface area contributed by atoms with Crippen LogP contribution in [-0.4, -0.2) is 15.9 Å². The van der Waals surface area contributed by atoms with Crippen molar-refractivity contribution in [3.8, 4) is 5.75 Å². The number of hydrogen-bond acceptors (Lipinski definition) is 5. The number of nitrogens with two attached hydrogens (primary N) is 2. The second-order valence-corrected chi connectivity index (χ2v) is 3.57. The van der Waals surface area contributed by atoms with E-state index in [2.05, 4.69) is 9.97 Å². The molecule has 4 N–H and O–H groups in total. The fourth-order valence-corrected chi connectivity index (χ4v) is 1.41. The molecule has 0 spiro atoms. The molecular weight excluding hydrogens is 232 g/mol. The number of primary amides is 1. The minimum Gasteiger partial charge on any atom is -0.485 e. The summed E-state index contributed by atoms with van der Waals surface area (Å²) in [5.74, 6) is 0.292. The lowest BCUT2D eigenvalue weighted by Crippen LogP contribution is -2.14. The number of carbonyl (C=O) groups is 1. The summed E-state index contributed by atoms with van der Waals surface area (Å²) in [6.45, 7) is 0.158. The number of anilines is 1. The summed E-state index contributed by atoms with van der Waals surface area (Å²) in [5.41, 5.74) is 11.5. The van der Waals surface area contributed by atoms with Gasteiger partial charge in [-0.25, -0.2) is 9.97 Å². The van der Waals surface area contributed by atoms with Crippen LogP contribution < -0.4 is 16.2 Å². The number of carbonyl (C=O) groups excluding carboxylic acids is 1. The van der Waals surface area contributed by atoms with E-state index in [9.17, 15) is 4.79 Å². The van der Waals surface area contributed by atoms with E-state index >= 15 is 0 Å². The number of nitrogens with zero attached hydrogens (tertiary/aromatic N) is 2. The highest BCUT2D eigenvalue weighted by atomic mass is 16.5. The highest BCUT2D eigenvalue weighted by molar-refractivity contribution is 5.96. The Morgan fingerprint density at radius 2 is 2.00 bits per heavy atom. The van der Waals surface area contributed by atoms with E-state index < -0.39 is 5.91 Å². The van der Waals surface area contributed by atoms with Gasteiger partial charge in [-0.2, -0.15) is 0 Å². The zero-order valence-electron chi connectivity index (χ0n) is 9.54. The normalized spacial score (nSPS) is 10.0. The van der Waals surface area contributed by atoms with Gasteiger partial charge in [0.25, 0.3) is 5.91 Å². The van der Waals surface area contributed by atoms with Gasteiger partial charge in [-0.15, -0.1) is 0 Å². The molecule has 0 saturated carbocycles. The molecule has 18 heavy (non-hydrogen) atoms.